The summed E-state index contributed by atoms with van der Waals surface area (Å²) < 4.78 is 18.2. The number of hydrogen-bond donors (Lipinski definition) is 1. The van der Waals surface area contributed by atoms with Crippen LogP contribution < -0.4 is 5.73 Å². The minimum absolute atomic E-state index is 0.151. The van der Waals surface area contributed by atoms with Gasteiger partial charge < -0.3 is 10.5 Å². The molecule has 0 aliphatic carbocycles. The second kappa shape index (κ2) is 6.14. The summed E-state index contributed by atoms with van der Waals surface area (Å²) in [5, 5.41) is 10.5. The van der Waals surface area contributed by atoms with Crippen LogP contribution in [0.2, 0.25) is 0 Å². The smallest absolute Gasteiger partial charge is 0.272 e. The monoisotopic (exact) mass is 228 g/mol. The van der Waals surface area contributed by atoms with E-state index in [4.69, 9.17) is 10.5 Å². The average molecular weight is 228 g/mol. The first-order valence-electron chi connectivity index (χ1n) is 4.85. The summed E-state index contributed by atoms with van der Waals surface area (Å²) in [5.41, 5.74) is 5.45. The number of nitrogens with two attached hydrogens (primary N) is 1. The third-order valence-corrected chi connectivity index (χ3v) is 1.91. The largest absolute Gasteiger partial charge is 0.377 e. The van der Waals surface area contributed by atoms with Crippen LogP contribution in [0.15, 0.2) is 18.2 Å². The van der Waals surface area contributed by atoms with Gasteiger partial charge in [-0.15, -0.1) is 0 Å². The molecular weight excluding hydrogens is 215 g/mol. The summed E-state index contributed by atoms with van der Waals surface area (Å²) in [6.45, 7) is 1.13. The Bertz CT molecular complexity index is 371. The van der Waals surface area contributed by atoms with Crippen LogP contribution in [0.3, 0.4) is 0 Å². The summed E-state index contributed by atoms with van der Waals surface area (Å²) in [7, 11) is 0. The topological polar surface area (TPSA) is 78.4 Å². The van der Waals surface area contributed by atoms with E-state index in [0.29, 0.717) is 25.1 Å². The molecule has 0 fully saturated rings. The van der Waals surface area contributed by atoms with Gasteiger partial charge in [0.25, 0.3) is 5.69 Å². The molecule has 0 aliphatic rings. The number of benzene rings is 1. The van der Waals surface area contributed by atoms with Gasteiger partial charge in [-0.25, -0.2) is 4.39 Å². The number of non-ortho nitro benzene ring substituents is 1. The molecule has 6 heteroatoms. The van der Waals surface area contributed by atoms with E-state index in [9.17, 15) is 14.5 Å². The van der Waals surface area contributed by atoms with Gasteiger partial charge in [0.15, 0.2) is 0 Å². The number of nitro benzene ring substituents is 1. The van der Waals surface area contributed by atoms with Crippen molar-refractivity contribution in [2.24, 2.45) is 5.73 Å². The van der Waals surface area contributed by atoms with Gasteiger partial charge in [0.1, 0.15) is 5.82 Å². The minimum Gasteiger partial charge on any atom is -0.377 e. The Hall–Kier alpha value is -1.53. The maximum Gasteiger partial charge on any atom is 0.272 e. The zero-order valence-corrected chi connectivity index (χ0v) is 8.69. The fraction of sp³-hybridized carbons (Fsp3) is 0.400. The van der Waals surface area contributed by atoms with Gasteiger partial charge in [0, 0.05) is 12.7 Å². The van der Waals surface area contributed by atoms with Crippen LogP contribution >= 0.6 is 0 Å². The first-order chi connectivity index (χ1) is 7.63. The highest BCUT2D eigenvalue weighted by atomic mass is 19.1. The van der Waals surface area contributed by atoms with E-state index in [1.165, 1.54) is 12.1 Å². The normalized spacial score (nSPS) is 10.4. The highest BCUT2D eigenvalue weighted by molar-refractivity contribution is 5.34. The molecule has 88 valence electrons. The van der Waals surface area contributed by atoms with E-state index < -0.39 is 10.7 Å². The molecule has 5 nitrogen and oxygen atoms in total. The molecule has 0 spiro atoms. The van der Waals surface area contributed by atoms with E-state index in [2.05, 4.69) is 0 Å². The quantitative estimate of drug-likeness (QED) is 0.455. The number of nitro groups is 1. The molecule has 0 heterocycles. The SMILES string of the molecule is NCCCOCc1cc(F)cc([N+](=O)[O-])c1. The predicted octanol–water partition coefficient (Wildman–Crippen LogP) is 1.60. The molecule has 0 atom stereocenters. The third kappa shape index (κ3) is 3.92. The number of rotatable bonds is 6. The number of hydrogen-bond acceptors (Lipinski definition) is 4. The van der Waals surface area contributed by atoms with Crippen molar-refractivity contribution in [3.8, 4) is 0 Å². The van der Waals surface area contributed by atoms with E-state index in [-0.39, 0.29) is 12.3 Å². The van der Waals surface area contributed by atoms with Crippen LogP contribution in [0.1, 0.15) is 12.0 Å². The molecule has 0 unspecified atom stereocenters. The first-order valence-corrected chi connectivity index (χ1v) is 4.85. The summed E-state index contributed by atoms with van der Waals surface area (Å²) >= 11 is 0. The van der Waals surface area contributed by atoms with Gasteiger partial charge in [0.2, 0.25) is 0 Å². The molecule has 0 saturated heterocycles. The second-order valence-corrected chi connectivity index (χ2v) is 3.27. The van der Waals surface area contributed by atoms with Crippen LogP contribution in [-0.4, -0.2) is 18.1 Å². The van der Waals surface area contributed by atoms with Gasteiger partial charge in [-0.05, 0) is 24.6 Å². The van der Waals surface area contributed by atoms with Crippen molar-refractivity contribution in [3.63, 3.8) is 0 Å². The van der Waals surface area contributed by atoms with E-state index in [1.807, 2.05) is 0 Å². The van der Waals surface area contributed by atoms with Crippen LogP contribution in [0.5, 0.6) is 0 Å². The van der Waals surface area contributed by atoms with Gasteiger partial charge in [-0.3, -0.25) is 10.1 Å². The molecule has 0 aromatic heterocycles. The number of ether oxygens (including phenoxy) is 1. The van der Waals surface area contributed by atoms with Crippen molar-refractivity contribution >= 4 is 5.69 Å². The Morgan fingerprint density at radius 3 is 2.81 bits per heavy atom. The van der Waals surface area contributed by atoms with Crippen LogP contribution in [0, 0.1) is 15.9 Å². The van der Waals surface area contributed by atoms with Gasteiger partial charge in [-0.1, -0.05) is 0 Å². The molecule has 0 aliphatic heterocycles. The predicted molar refractivity (Wildman–Crippen MR) is 56.4 cm³/mol. The summed E-state index contributed by atoms with van der Waals surface area (Å²) in [6, 6.07) is 3.39. The fourth-order valence-corrected chi connectivity index (χ4v) is 1.20. The van der Waals surface area contributed by atoms with Crippen molar-refractivity contribution < 1.29 is 14.1 Å². The molecule has 0 amide bonds. The molecule has 0 radical (unpaired) electrons. The van der Waals surface area contributed by atoms with E-state index in [0.717, 1.165) is 6.07 Å². The molecule has 1 rings (SSSR count). The Labute approximate surface area is 92.2 Å². The number of halogens is 1. The highest BCUT2D eigenvalue weighted by Gasteiger charge is 2.09. The highest BCUT2D eigenvalue weighted by Crippen LogP contribution is 2.16. The van der Waals surface area contributed by atoms with Crippen molar-refractivity contribution in [1.29, 1.82) is 0 Å². The van der Waals surface area contributed by atoms with E-state index >= 15 is 0 Å². The maximum absolute atomic E-state index is 13.0. The Morgan fingerprint density at radius 2 is 2.19 bits per heavy atom. The number of nitrogens with zero attached hydrogens (tertiary/aromatic N) is 1. The van der Waals surface area contributed by atoms with Crippen LogP contribution in [-0.2, 0) is 11.3 Å². The molecule has 16 heavy (non-hydrogen) atoms. The third-order valence-electron chi connectivity index (χ3n) is 1.91. The van der Waals surface area contributed by atoms with Gasteiger partial charge in [0.05, 0.1) is 17.6 Å². The van der Waals surface area contributed by atoms with Gasteiger partial charge in [-0.2, -0.15) is 0 Å². The molecule has 1 aromatic carbocycles. The molecule has 0 bridgehead atoms. The second-order valence-electron chi connectivity index (χ2n) is 3.27. The van der Waals surface area contributed by atoms with Crippen LogP contribution in [0.4, 0.5) is 10.1 Å². The fourth-order valence-electron chi connectivity index (χ4n) is 1.20. The van der Waals surface area contributed by atoms with Crippen molar-refractivity contribution in [2.75, 3.05) is 13.2 Å². The first kappa shape index (κ1) is 12.5. The molecule has 2 N–H and O–H groups in total. The molecule has 0 saturated carbocycles. The van der Waals surface area contributed by atoms with Crippen molar-refractivity contribution in [1.82, 2.24) is 0 Å². The maximum atomic E-state index is 13.0. The Morgan fingerprint density at radius 1 is 1.44 bits per heavy atom. The van der Waals surface area contributed by atoms with E-state index in [1.54, 1.807) is 0 Å². The average Bonchev–Trinajstić information content (AvgIpc) is 2.23. The Kier molecular flexibility index (Phi) is 4.81. The summed E-state index contributed by atoms with van der Waals surface area (Å²) in [6.07, 6.45) is 0.706. The van der Waals surface area contributed by atoms with Gasteiger partial charge >= 0.3 is 0 Å². The summed E-state index contributed by atoms with van der Waals surface area (Å²) in [5.74, 6) is -0.633. The van der Waals surface area contributed by atoms with Crippen molar-refractivity contribution in [2.45, 2.75) is 13.0 Å². The molecular formula is C10H13FN2O3. The minimum atomic E-state index is -0.633. The summed E-state index contributed by atoms with van der Waals surface area (Å²) in [4.78, 5) is 9.83. The zero-order valence-electron chi connectivity index (χ0n) is 8.69. The lowest BCUT2D eigenvalue weighted by molar-refractivity contribution is -0.385. The molecule has 1 aromatic rings. The zero-order chi connectivity index (χ0) is 12.0. The lowest BCUT2D eigenvalue weighted by Gasteiger charge is -2.03. The lowest BCUT2D eigenvalue weighted by atomic mass is 10.2. The lowest BCUT2D eigenvalue weighted by Crippen LogP contribution is -2.04. The standard InChI is InChI=1S/C10H13FN2O3/c11-9-4-8(7-16-3-1-2-12)5-10(6-9)13(14)15/h4-6H,1-3,7,12H2. The van der Waals surface area contributed by atoms with Crippen LogP contribution in [0.25, 0.3) is 0 Å². The Balaban J connectivity index is 2.62. The van der Waals surface area contributed by atoms with Crippen molar-refractivity contribution in [3.05, 3.63) is 39.7 Å².